The normalized spacial score (nSPS) is 14.7. The van der Waals surface area contributed by atoms with Crippen LogP contribution in [0.3, 0.4) is 0 Å². The Hall–Kier alpha value is -1.49. The van der Waals surface area contributed by atoms with Crippen LogP contribution < -0.4 is 0 Å². The number of aromatic nitrogens is 1. The fraction of sp³-hybridized carbons (Fsp3) is 0.357. The predicted molar refractivity (Wildman–Crippen MR) is 69.1 cm³/mol. The molecule has 2 rings (SSSR count). The van der Waals surface area contributed by atoms with Crippen molar-refractivity contribution >= 4 is 10.9 Å². The second-order valence-electron chi connectivity index (χ2n) is 4.43. The van der Waals surface area contributed by atoms with Gasteiger partial charge >= 0.3 is 0 Å². The van der Waals surface area contributed by atoms with E-state index in [1.54, 1.807) is 6.07 Å². The SMILES string of the molecule is Cc1ccc2cc(C(O)C(O)CCO)ccc2n1. The Morgan fingerprint density at radius 2 is 1.94 bits per heavy atom. The van der Waals surface area contributed by atoms with Gasteiger partial charge in [-0.1, -0.05) is 12.1 Å². The maximum absolute atomic E-state index is 9.95. The molecule has 0 aliphatic heterocycles. The zero-order valence-electron chi connectivity index (χ0n) is 10.2. The summed E-state index contributed by atoms with van der Waals surface area (Å²) in [5.41, 5.74) is 2.44. The molecule has 3 N–H and O–H groups in total. The second-order valence-corrected chi connectivity index (χ2v) is 4.43. The molecule has 1 heterocycles. The smallest absolute Gasteiger partial charge is 0.105 e. The minimum absolute atomic E-state index is 0.146. The number of aliphatic hydroxyl groups is 3. The molecule has 4 heteroatoms. The van der Waals surface area contributed by atoms with E-state index in [1.807, 2.05) is 31.2 Å². The van der Waals surface area contributed by atoms with Crippen molar-refractivity contribution in [3.05, 3.63) is 41.6 Å². The van der Waals surface area contributed by atoms with Crippen LogP contribution in [0.25, 0.3) is 10.9 Å². The van der Waals surface area contributed by atoms with Crippen molar-refractivity contribution in [1.29, 1.82) is 0 Å². The van der Waals surface area contributed by atoms with Gasteiger partial charge in [-0.25, -0.2) is 0 Å². The van der Waals surface area contributed by atoms with Gasteiger partial charge in [0, 0.05) is 17.7 Å². The number of benzene rings is 1. The number of pyridine rings is 1. The highest BCUT2D eigenvalue weighted by Crippen LogP contribution is 2.23. The average molecular weight is 247 g/mol. The molecule has 2 atom stereocenters. The fourth-order valence-electron chi connectivity index (χ4n) is 1.94. The first kappa shape index (κ1) is 13.0. The molecule has 0 fully saturated rings. The molecule has 0 aliphatic rings. The van der Waals surface area contributed by atoms with Crippen LogP contribution in [0.15, 0.2) is 30.3 Å². The molecule has 0 saturated carbocycles. The lowest BCUT2D eigenvalue weighted by Crippen LogP contribution is -2.19. The van der Waals surface area contributed by atoms with Gasteiger partial charge in [0.15, 0.2) is 0 Å². The lowest BCUT2D eigenvalue weighted by atomic mass is 10.0. The third-order valence-corrected chi connectivity index (χ3v) is 2.98. The number of hydrogen-bond acceptors (Lipinski definition) is 4. The van der Waals surface area contributed by atoms with Crippen LogP contribution in [-0.4, -0.2) is 33.0 Å². The lowest BCUT2D eigenvalue weighted by molar-refractivity contribution is 0.00428. The van der Waals surface area contributed by atoms with E-state index in [0.29, 0.717) is 5.56 Å². The van der Waals surface area contributed by atoms with Gasteiger partial charge in [0.05, 0.1) is 11.6 Å². The Balaban J connectivity index is 2.32. The number of hydrogen-bond donors (Lipinski definition) is 3. The van der Waals surface area contributed by atoms with Crippen LogP contribution in [0.5, 0.6) is 0 Å². The van der Waals surface area contributed by atoms with Crippen molar-refractivity contribution in [2.45, 2.75) is 25.6 Å². The summed E-state index contributed by atoms with van der Waals surface area (Å²) in [5.74, 6) is 0. The Morgan fingerprint density at radius 3 is 2.67 bits per heavy atom. The zero-order valence-corrected chi connectivity index (χ0v) is 10.2. The Labute approximate surface area is 106 Å². The Morgan fingerprint density at radius 1 is 1.17 bits per heavy atom. The van der Waals surface area contributed by atoms with Crippen LogP contribution in [0.2, 0.25) is 0 Å². The maximum Gasteiger partial charge on any atom is 0.105 e. The fourth-order valence-corrected chi connectivity index (χ4v) is 1.94. The molecule has 2 aromatic rings. The summed E-state index contributed by atoms with van der Waals surface area (Å²) >= 11 is 0. The first-order valence-electron chi connectivity index (χ1n) is 5.96. The molecule has 1 aromatic carbocycles. The van der Waals surface area contributed by atoms with E-state index in [9.17, 15) is 10.2 Å². The van der Waals surface area contributed by atoms with Crippen molar-refractivity contribution in [3.8, 4) is 0 Å². The molecule has 0 saturated heterocycles. The van der Waals surface area contributed by atoms with Crippen LogP contribution in [0.4, 0.5) is 0 Å². The van der Waals surface area contributed by atoms with Crippen molar-refractivity contribution < 1.29 is 15.3 Å². The molecular weight excluding hydrogens is 230 g/mol. The van der Waals surface area contributed by atoms with Crippen molar-refractivity contribution in [2.75, 3.05) is 6.61 Å². The highest BCUT2D eigenvalue weighted by atomic mass is 16.3. The maximum atomic E-state index is 9.95. The number of rotatable bonds is 4. The standard InChI is InChI=1S/C14H17NO3/c1-9-2-3-10-8-11(4-5-12(10)15-9)14(18)13(17)6-7-16/h2-5,8,13-14,16-18H,6-7H2,1H3. The lowest BCUT2D eigenvalue weighted by Gasteiger charge is -2.17. The summed E-state index contributed by atoms with van der Waals surface area (Å²) in [6, 6.07) is 9.23. The van der Waals surface area contributed by atoms with E-state index >= 15 is 0 Å². The molecular formula is C14H17NO3. The van der Waals surface area contributed by atoms with Gasteiger partial charge in [-0.2, -0.15) is 0 Å². The van der Waals surface area contributed by atoms with Crippen molar-refractivity contribution in [1.82, 2.24) is 4.98 Å². The van der Waals surface area contributed by atoms with Gasteiger partial charge in [-0.3, -0.25) is 4.98 Å². The number of nitrogens with zero attached hydrogens (tertiary/aromatic N) is 1. The Kier molecular flexibility index (Phi) is 3.91. The zero-order chi connectivity index (χ0) is 13.1. The molecule has 4 nitrogen and oxygen atoms in total. The second kappa shape index (κ2) is 5.44. The molecule has 96 valence electrons. The van der Waals surface area contributed by atoms with Crippen LogP contribution in [0, 0.1) is 6.92 Å². The predicted octanol–water partition coefficient (Wildman–Crippen LogP) is 1.32. The largest absolute Gasteiger partial charge is 0.396 e. The van der Waals surface area contributed by atoms with Gasteiger partial charge in [0.2, 0.25) is 0 Å². The summed E-state index contributed by atoms with van der Waals surface area (Å²) in [5, 5.41) is 29.3. The van der Waals surface area contributed by atoms with E-state index in [1.165, 1.54) is 0 Å². The first-order valence-corrected chi connectivity index (χ1v) is 5.96. The topological polar surface area (TPSA) is 73.6 Å². The third-order valence-electron chi connectivity index (χ3n) is 2.98. The summed E-state index contributed by atoms with van der Waals surface area (Å²) < 4.78 is 0. The highest BCUT2D eigenvalue weighted by molar-refractivity contribution is 5.79. The minimum Gasteiger partial charge on any atom is -0.396 e. The van der Waals surface area contributed by atoms with Gasteiger partial charge in [0.25, 0.3) is 0 Å². The molecule has 1 aromatic heterocycles. The number of fused-ring (bicyclic) bond motifs is 1. The molecule has 0 bridgehead atoms. The first-order chi connectivity index (χ1) is 8.61. The van der Waals surface area contributed by atoms with Gasteiger partial charge < -0.3 is 15.3 Å². The quantitative estimate of drug-likeness (QED) is 0.762. The number of aliphatic hydroxyl groups excluding tert-OH is 3. The van der Waals surface area contributed by atoms with Crippen LogP contribution in [0.1, 0.15) is 23.8 Å². The van der Waals surface area contributed by atoms with E-state index in [-0.39, 0.29) is 13.0 Å². The summed E-state index contributed by atoms with van der Waals surface area (Å²) in [6.45, 7) is 1.78. The summed E-state index contributed by atoms with van der Waals surface area (Å²) in [4.78, 5) is 4.37. The van der Waals surface area contributed by atoms with Crippen molar-refractivity contribution in [2.24, 2.45) is 0 Å². The number of aryl methyl sites for hydroxylation is 1. The van der Waals surface area contributed by atoms with Gasteiger partial charge in [0.1, 0.15) is 6.10 Å². The summed E-state index contributed by atoms with van der Waals surface area (Å²) in [6.07, 6.45) is -1.78. The Bertz CT molecular complexity index is 542. The van der Waals surface area contributed by atoms with Gasteiger partial charge in [-0.05, 0) is 37.1 Å². The molecule has 0 amide bonds. The summed E-state index contributed by atoms with van der Waals surface area (Å²) in [7, 11) is 0. The van der Waals surface area contributed by atoms with Crippen LogP contribution >= 0.6 is 0 Å². The average Bonchev–Trinajstić information content (AvgIpc) is 2.37. The van der Waals surface area contributed by atoms with Crippen molar-refractivity contribution in [3.63, 3.8) is 0 Å². The van der Waals surface area contributed by atoms with E-state index in [4.69, 9.17) is 5.11 Å². The van der Waals surface area contributed by atoms with E-state index in [0.717, 1.165) is 16.6 Å². The van der Waals surface area contributed by atoms with Gasteiger partial charge in [-0.15, -0.1) is 0 Å². The molecule has 18 heavy (non-hydrogen) atoms. The van der Waals surface area contributed by atoms with E-state index < -0.39 is 12.2 Å². The highest BCUT2D eigenvalue weighted by Gasteiger charge is 2.17. The molecule has 2 unspecified atom stereocenters. The third kappa shape index (κ3) is 2.67. The molecule has 0 aliphatic carbocycles. The van der Waals surface area contributed by atoms with E-state index in [2.05, 4.69) is 4.98 Å². The molecule has 0 spiro atoms. The minimum atomic E-state index is -0.983. The monoisotopic (exact) mass is 247 g/mol. The van der Waals surface area contributed by atoms with Crippen LogP contribution in [-0.2, 0) is 0 Å². The molecule has 0 radical (unpaired) electrons.